The van der Waals surface area contributed by atoms with Gasteiger partial charge in [0.05, 0.1) is 13.2 Å². The van der Waals surface area contributed by atoms with Gasteiger partial charge >= 0.3 is 5.97 Å². The molecule has 0 spiro atoms. The van der Waals surface area contributed by atoms with Crippen LogP contribution in [0, 0.1) is 5.41 Å². The van der Waals surface area contributed by atoms with Crippen molar-refractivity contribution in [2.75, 3.05) is 40.6 Å². The first-order valence-corrected chi connectivity index (χ1v) is 13.3. The molecule has 216 valence electrons. The first-order chi connectivity index (χ1) is 19.2. The molecule has 0 aromatic heterocycles. The van der Waals surface area contributed by atoms with Crippen molar-refractivity contribution in [3.63, 3.8) is 0 Å². The van der Waals surface area contributed by atoms with Crippen molar-refractivity contribution in [3.05, 3.63) is 41.5 Å². The zero-order chi connectivity index (χ0) is 28.4. The van der Waals surface area contributed by atoms with Crippen LogP contribution in [0.4, 0.5) is 0 Å². The molecule has 6 atom stereocenters. The van der Waals surface area contributed by atoms with E-state index >= 15 is 0 Å². The molecule has 4 aliphatic rings. The highest BCUT2D eigenvalue weighted by atomic mass is 16.8. The molecule has 1 aliphatic carbocycles. The lowest BCUT2D eigenvalue weighted by Crippen LogP contribution is -2.69. The SMILES string of the molecule is CN(C)C(=O)C=Cc1ccc(CN2O[C@@H]3[C@H]4OCO[C@H]4[C@@H]4C[C@]3(C(=O)NCCC(=O)NCCO)[C@@H]2C(=O)O4)cc1. The van der Waals surface area contributed by atoms with Gasteiger partial charge in [0.2, 0.25) is 17.7 Å². The molecule has 3 saturated heterocycles. The van der Waals surface area contributed by atoms with Crippen molar-refractivity contribution in [2.45, 2.75) is 49.8 Å². The van der Waals surface area contributed by atoms with E-state index in [0.717, 1.165) is 11.1 Å². The summed E-state index contributed by atoms with van der Waals surface area (Å²) in [5.74, 6) is -1.43. The smallest absolute Gasteiger partial charge is 0.327 e. The fourth-order valence-corrected chi connectivity index (χ4v) is 5.80. The van der Waals surface area contributed by atoms with E-state index in [0.29, 0.717) is 0 Å². The van der Waals surface area contributed by atoms with Gasteiger partial charge in [0, 0.05) is 46.1 Å². The molecule has 1 aromatic carbocycles. The third-order valence-corrected chi connectivity index (χ3v) is 7.74. The predicted octanol–water partition coefficient (Wildman–Crippen LogP) is -1.06. The van der Waals surface area contributed by atoms with E-state index in [9.17, 15) is 19.2 Å². The highest BCUT2D eigenvalue weighted by Crippen LogP contribution is 2.55. The van der Waals surface area contributed by atoms with Crippen LogP contribution in [-0.2, 0) is 44.8 Å². The normalized spacial score (nSPS) is 30.6. The van der Waals surface area contributed by atoms with Crippen LogP contribution in [0.1, 0.15) is 24.0 Å². The lowest BCUT2D eigenvalue weighted by atomic mass is 9.62. The van der Waals surface area contributed by atoms with Crippen molar-refractivity contribution in [3.8, 4) is 0 Å². The van der Waals surface area contributed by atoms with Crippen LogP contribution >= 0.6 is 0 Å². The fourth-order valence-electron chi connectivity index (χ4n) is 5.80. The summed E-state index contributed by atoms with van der Waals surface area (Å²) in [6.07, 6.45) is 0.796. The Bertz CT molecular complexity index is 1170. The van der Waals surface area contributed by atoms with Gasteiger partial charge < -0.3 is 34.9 Å². The fraction of sp³-hybridized carbons (Fsp3) is 0.556. The Hall–Kier alpha value is -3.36. The number of esters is 1. The largest absolute Gasteiger partial charge is 0.458 e. The Kier molecular flexibility index (Phi) is 8.19. The lowest BCUT2D eigenvalue weighted by Gasteiger charge is -2.48. The summed E-state index contributed by atoms with van der Waals surface area (Å²) in [5, 5.41) is 15.7. The van der Waals surface area contributed by atoms with Gasteiger partial charge in [0.1, 0.15) is 36.6 Å². The van der Waals surface area contributed by atoms with Crippen molar-refractivity contribution in [1.82, 2.24) is 20.6 Å². The number of hydroxylamine groups is 2. The summed E-state index contributed by atoms with van der Waals surface area (Å²) in [4.78, 5) is 58.8. The molecule has 1 aromatic rings. The average Bonchev–Trinajstić information content (AvgIpc) is 3.56. The molecule has 5 rings (SSSR count). The minimum absolute atomic E-state index is 0.00193. The van der Waals surface area contributed by atoms with Crippen LogP contribution in [0.5, 0.6) is 0 Å². The van der Waals surface area contributed by atoms with Gasteiger partial charge in [0.15, 0.2) is 6.04 Å². The van der Waals surface area contributed by atoms with Crippen LogP contribution in [0.3, 0.4) is 0 Å². The number of amides is 3. The van der Waals surface area contributed by atoms with Crippen molar-refractivity contribution < 1.29 is 43.3 Å². The Labute approximate surface area is 231 Å². The zero-order valence-corrected chi connectivity index (χ0v) is 22.4. The summed E-state index contributed by atoms with van der Waals surface area (Å²) in [5.41, 5.74) is 0.347. The molecule has 13 nitrogen and oxygen atoms in total. The monoisotopic (exact) mass is 558 g/mol. The first kappa shape index (κ1) is 28.2. The van der Waals surface area contributed by atoms with Crippen LogP contribution in [0.2, 0.25) is 0 Å². The Morgan fingerprint density at radius 2 is 1.88 bits per heavy atom. The molecule has 0 unspecified atom stereocenters. The summed E-state index contributed by atoms with van der Waals surface area (Å²) in [6.45, 7) is 0.193. The number of fused-ring (bicyclic) bond motifs is 4. The van der Waals surface area contributed by atoms with E-state index in [-0.39, 0.29) is 57.7 Å². The summed E-state index contributed by atoms with van der Waals surface area (Å²) >= 11 is 0. The Morgan fingerprint density at radius 1 is 1.12 bits per heavy atom. The summed E-state index contributed by atoms with van der Waals surface area (Å²) in [6, 6.07) is 6.39. The number of carbonyl (C=O) groups excluding carboxylic acids is 4. The van der Waals surface area contributed by atoms with Gasteiger partial charge in [-0.05, 0) is 17.2 Å². The third-order valence-electron chi connectivity index (χ3n) is 7.74. The maximum Gasteiger partial charge on any atom is 0.327 e. The number of carbonyl (C=O) groups is 4. The number of nitrogens with one attached hydrogen (secondary N) is 2. The molecule has 3 aliphatic heterocycles. The number of benzene rings is 1. The maximum atomic E-state index is 13.8. The minimum atomic E-state index is -1.30. The highest BCUT2D eigenvalue weighted by Gasteiger charge is 2.74. The quantitative estimate of drug-likeness (QED) is 0.239. The molecule has 3 heterocycles. The number of nitrogens with zero attached hydrogens (tertiary/aromatic N) is 2. The summed E-state index contributed by atoms with van der Waals surface area (Å²) in [7, 11) is 3.35. The highest BCUT2D eigenvalue weighted by molar-refractivity contribution is 5.94. The molecule has 2 bridgehead atoms. The topological polar surface area (TPSA) is 156 Å². The van der Waals surface area contributed by atoms with Gasteiger partial charge in [-0.15, -0.1) is 0 Å². The van der Waals surface area contributed by atoms with Gasteiger partial charge in [-0.1, -0.05) is 24.3 Å². The molecule has 3 amide bonds. The first-order valence-electron chi connectivity index (χ1n) is 13.3. The number of rotatable bonds is 10. The number of hydrogen-bond acceptors (Lipinski definition) is 10. The summed E-state index contributed by atoms with van der Waals surface area (Å²) < 4.78 is 17.3. The van der Waals surface area contributed by atoms with E-state index in [1.54, 1.807) is 20.2 Å². The van der Waals surface area contributed by atoms with E-state index in [4.69, 9.17) is 24.2 Å². The molecular weight excluding hydrogens is 524 g/mol. The van der Waals surface area contributed by atoms with Crippen molar-refractivity contribution >= 4 is 29.8 Å². The molecule has 13 heteroatoms. The number of ether oxygens (including phenoxy) is 3. The van der Waals surface area contributed by atoms with E-state index in [1.165, 1.54) is 16.0 Å². The van der Waals surface area contributed by atoms with Gasteiger partial charge in [0.25, 0.3) is 0 Å². The van der Waals surface area contributed by atoms with Gasteiger partial charge in [-0.2, -0.15) is 5.06 Å². The molecule has 4 fully saturated rings. The second-order valence-electron chi connectivity index (χ2n) is 10.5. The van der Waals surface area contributed by atoms with Crippen molar-refractivity contribution in [1.29, 1.82) is 0 Å². The minimum Gasteiger partial charge on any atom is -0.458 e. The average molecular weight is 559 g/mol. The zero-order valence-electron chi connectivity index (χ0n) is 22.4. The second kappa shape index (κ2) is 11.6. The Balaban J connectivity index is 1.35. The van der Waals surface area contributed by atoms with Gasteiger partial charge in [-0.25, -0.2) is 0 Å². The number of aliphatic hydroxyl groups is 1. The number of hydrogen-bond donors (Lipinski definition) is 3. The van der Waals surface area contributed by atoms with Gasteiger partial charge in [-0.3, -0.25) is 24.0 Å². The van der Waals surface area contributed by atoms with Crippen LogP contribution in [0.15, 0.2) is 30.3 Å². The molecule has 0 radical (unpaired) electrons. The molecule has 1 saturated carbocycles. The lowest BCUT2D eigenvalue weighted by molar-refractivity contribution is -0.201. The molecule has 3 N–H and O–H groups in total. The van der Waals surface area contributed by atoms with Crippen LogP contribution in [-0.4, -0.2) is 110 Å². The Morgan fingerprint density at radius 3 is 2.60 bits per heavy atom. The van der Waals surface area contributed by atoms with E-state index in [1.807, 2.05) is 24.3 Å². The standard InChI is InChI=1S/C27H34N4O9/c1-30(2)20(34)8-7-16-3-5-17(6-4-16)14-31-23-25(35)39-18-13-27(23,24(40-31)22-21(18)37-15-38-22)26(36)29-10-9-19(33)28-11-12-32/h3-8,18,21-24,32H,9-15H2,1-2H3,(H,28,33)(H,29,36)/t18-,21-,22-,23-,24+,27-/m0/s1. The molecule has 40 heavy (non-hydrogen) atoms. The van der Waals surface area contributed by atoms with E-state index in [2.05, 4.69) is 10.6 Å². The van der Waals surface area contributed by atoms with E-state index < -0.39 is 47.7 Å². The third kappa shape index (κ3) is 5.22. The van der Waals surface area contributed by atoms with Crippen molar-refractivity contribution in [2.24, 2.45) is 5.41 Å². The predicted molar refractivity (Wildman–Crippen MR) is 138 cm³/mol. The van der Waals surface area contributed by atoms with Crippen LogP contribution in [0.25, 0.3) is 6.08 Å². The maximum absolute atomic E-state index is 13.8. The van der Waals surface area contributed by atoms with Crippen LogP contribution < -0.4 is 10.6 Å². The number of likely N-dealkylation sites (N-methyl/N-ethyl adjacent to an activating group) is 1. The number of aliphatic hydroxyl groups excluding tert-OH is 1. The second-order valence-corrected chi connectivity index (χ2v) is 10.5. The molecular formula is C27H34N4O9.